The maximum atomic E-state index is 11.7. The number of likely N-dealkylation sites (N-methyl/N-ethyl adjacent to an activating group) is 1. The van der Waals surface area contributed by atoms with E-state index in [4.69, 9.17) is 33.1 Å². The maximum Gasteiger partial charge on any atom is 0.257 e. The number of amides is 1. The minimum atomic E-state index is -3.99. The molecule has 10 nitrogen and oxygen atoms in total. The zero-order valence-electron chi connectivity index (χ0n) is 17.5. The van der Waals surface area contributed by atoms with Crippen LogP contribution in [0.5, 0.6) is 5.75 Å². The third-order valence-corrected chi connectivity index (χ3v) is 5.99. The van der Waals surface area contributed by atoms with Crippen molar-refractivity contribution in [2.45, 2.75) is 11.8 Å². The zero-order valence-corrected chi connectivity index (χ0v) is 19.8. The molecule has 13 heteroatoms. The van der Waals surface area contributed by atoms with Crippen LogP contribution in [0.4, 0.5) is 23.1 Å². The van der Waals surface area contributed by atoms with Crippen LogP contribution in [0.15, 0.2) is 47.5 Å². The van der Waals surface area contributed by atoms with Gasteiger partial charge in [0.05, 0.1) is 10.0 Å². The Kier molecular flexibility index (Phi) is 7.59. The molecule has 3 rings (SSSR count). The molecule has 174 valence electrons. The van der Waals surface area contributed by atoms with Crippen molar-refractivity contribution in [1.82, 2.24) is 15.3 Å². The molecule has 1 aromatic heterocycles. The molecule has 1 heterocycles. The Morgan fingerprint density at radius 3 is 2.45 bits per heavy atom. The molecule has 0 fully saturated rings. The van der Waals surface area contributed by atoms with E-state index in [1.807, 2.05) is 6.92 Å². The second-order valence-electron chi connectivity index (χ2n) is 6.77. The number of hydrogen-bond acceptors (Lipinski definition) is 8. The highest BCUT2D eigenvalue weighted by Crippen LogP contribution is 2.30. The van der Waals surface area contributed by atoms with Crippen molar-refractivity contribution in [3.05, 3.63) is 58.2 Å². The van der Waals surface area contributed by atoms with Crippen LogP contribution in [0.3, 0.4) is 0 Å². The summed E-state index contributed by atoms with van der Waals surface area (Å²) in [5.74, 6) is 0.786. The quantitative estimate of drug-likeness (QED) is 0.360. The van der Waals surface area contributed by atoms with Gasteiger partial charge in [-0.2, -0.15) is 4.98 Å². The van der Waals surface area contributed by atoms with Crippen LogP contribution < -0.4 is 25.8 Å². The van der Waals surface area contributed by atoms with E-state index in [-0.39, 0.29) is 28.4 Å². The molecule has 0 saturated carbocycles. The summed E-state index contributed by atoms with van der Waals surface area (Å²) in [6.07, 6.45) is 1.59. The minimum absolute atomic E-state index is 0.00913. The second-order valence-corrected chi connectivity index (χ2v) is 9.12. The van der Waals surface area contributed by atoms with Gasteiger partial charge in [-0.15, -0.1) is 0 Å². The standard InChI is InChI=1S/C20H20Cl2N6O4S/c1-11-9-25-20(27-13-3-5-14(21)17(8-13)33(23,30)31)28-19(11)26-12-4-6-16(15(22)7-12)32-10-18(29)24-2/h3-9H,10H2,1-2H3,(H,24,29)(H2,23,30,31)(H2,25,26,27,28). The number of primary sulfonamides is 1. The number of benzene rings is 2. The smallest absolute Gasteiger partial charge is 0.257 e. The third-order valence-electron chi connectivity index (χ3n) is 4.30. The van der Waals surface area contributed by atoms with E-state index in [0.717, 1.165) is 5.56 Å². The number of hydrogen-bond donors (Lipinski definition) is 4. The molecule has 5 N–H and O–H groups in total. The highest BCUT2D eigenvalue weighted by atomic mass is 35.5. The maximum absolute atomic E-state index is 11.7. The van der Waals surface area contributed by atoms with Crippen molar-refractivity contribution in [3.63, 3.8) is 0 Å². The van der Waals surface area contributed by atoms with Crippen LogP contribution in [0.1, 0.15) is 5.56 Å². The van der Waals surface area contributed by atoms with Crippen LogP contribution in [0, 0.1) is 6.92 Å². The molecule has 1 amide bonds. The normalized spacial score (nSPS) is 11.1. The van der Waals surface area contributed by atoms with Crippen molar-refractivity contribution < 1.29 is 17.9 Å². The van der Waals surface area contributed by atoms with Gasteiger partial charge in [0.2, 0.25) is 16.0 Å². The van der Waals surface area contributed by atoms with Gasteiger partial charge >= 0.3 is 0 Å². The highest BCUT2D eigenvalue weighted by molar-refractivity contribution is 7.89. The number of aryl methyl sites for hydroxylation is 1. The van der Waals surface area contributed by atoms with E-state index >= 15 is 0 Å². The summed E-state index contributed by atoms with van der Waals surface area (Å²) in [5, 5.41) is 14.0. The number of carbonyl (C=O) groups excluding carboxylic acids is 1. The average Bonchev–Trinajstić information content (AvgIpc) is 2.75. The summed E-state index contributed by atoms with van der Waals surface area (Å²) >= 11 is 12.2. The fourth-order valence-electron chi connectivity index (χ4n) is 2.60. The Labute approximate surface area is 200 Å². The molecule has 0 spiro atoms. The lowest BCUT2D eigenvalue weighted by Gasteiger charge is -2.13. The highest BCUT2D eigenvalue weighted by Gasteiger charge is 2.14. The van der Waals surface area contributed by atoms with Crippen LogP contribution in [0.25, 0.3) is 0 Å². The molecule has 0 bridgehead atoms. The number of rotatable bonds is 8. The molecule has 0 radical (unpaired) electrons. The summed E-state index contributed by atoms with van der Waals surface area (Å²) < 4.78 is 28.7. The molecule has 0 atom stereocenters. The van der Waals surface area contributed by atoms with Gasteiger partial charge in [0.15, 0.2) is 6.61 Å². The molecule has 2 aromatic carbocycles. The Hall–Kier alpha value is -3.12. The largest absolute Gasteiger partial charge is 0.482 e. The molecule has 33 heavy (non-hydrogen) atoms. The van der Waals surface area contributed by atoms with Crippen molar-refractivity contribution in [2.75, 3.05) is 24.3 Å². The minimum Gasteiger partial charge on any atom is -0.482 e. The number of nitrogens with two attached hydrogens (primary N) is 1. The number of anilines is 4. The first-order valence-electron chi connectivity index (χ1n) is 9.40. The van der Waals surface area contributed by atoms with E-state index < -0.39 is 10.0 Å². The lowest BCUT2D eigenvalue weighted by Crippen LogP contribution is -2.24. The molecule has 0 aliphatic carbocycles. The number of nitrogens with zero attached hydrogens (tertiary/aromatic N) is 2. The number of halogens is 2. The van der Waals surface area contributed by atoms with Crippen LogP contribution in [0.2, 0.25) is 10.0 Å². The summed E-state index contributed by atoms with van der Waals surface area (Å²) in [5.41, 5.74) is 1.76. The summed E-state index contributed by atoms with van der Waals surface area (Å²) in [6.45, 7) is 1.66. The van der Waals surface area contributed by atoms with Crippen molar-refractivity contribution in [1.29, 1.82) is 0 Å². The molecule has 0 saturated heterocycles. The monoisotopic (exact) mass is 510 g/mol. The number of sulfonamides is 1. The van der Waals surface area contributed by atoms with Crippen LogP contribution in [-0.2, 0) is 14.8 Å². The molecule has 0 aliphatic rings. The van der Waals surface area contributed by atoms with Gasteiger partial charge in [0.25, 0.3) is 5.91 Å². The Morgan fingerprint density at radius 2 is 1.79 bits per heavy atom. The van der Waals surface area contributed by atoms with Gasteiger partial charge in [-0.05, 0) is 43.3 Å². The van der Waals surface area contributed by atoms with E-state index in [9.17, 15) is 13.2 Å². The van der Waals surface area contributed by atoms with Crippen molar-refractivity contribution in [3.8, 4) is 5.75 Å². The Balaban J connectivity index is 1.79. The van der Waals surface area contributed by atoms with Gasteiger partial charge in [0, 0.05) is 30.2 Å². The number of nitrogens with one attached hydrogen (secondary N) is 3. The SMILES string of the molecule is CNC(=O)COc1ccc(Nc2nc(Nc3ccc(Cl)c(S(N)(=O)=O)c3)ncc2C)cc1Cl. The van der Waals surface area contributed by atoms with Crippen molar-refractivity contribution in [2.24, 2.45) is 5.14 Å². The fourth-order valence-corrected chi connectivity index (χ4v) is 3.91. The van der Waals surface area contributed by atoms with E-state index in [1.54, 1.807) is 30.5 Å². The van der Waals surface area contributed by atoms with E-state index in [0.29, 0.717) is 28.0 Å². The van der Waals surface area contributed by atoms with Crippen LogP contribution >= 0.6 is 23.2 Å². The third kappa shape index (κ3) is 6.45. The lowest BCUT2D eigenvalue weighted by molar-refractivity contribution is -0.122. The first-order valence-corrected chi connectivity index (χ1v) is 11.7. The number of carbonyl (C=O) groups is 1. The van der Waals surface area contributed by atoms with Gasteiger partial charge in [-0.3, -0.25) is 4.79 Å². The van der Waals surface area contributed by atoms with E-state index in [1.165, 1.54) is 19.2 Å². The lowest BCUT2D eigenvalue weighted by atomic mass is 10.2. The van der Waals surface area contributed by atoms with Gasteiger partial charge in [-0.25, -0.2) is 18.5 Å². The first kappa shape index (κ1) is 24.5. The van der Waals surface area contributed by atoms with Gasteiger partial charge < -0.3 is 20.7 Å². The molecule has 0 unspecified atom stereocenters. The fraction of sp³-hybridized carbons (Fsp3) is 0.150. The first-order chi connectivity index (χ1) is 15.6. The van der Waals surface area contributed by atoms with E-state index in [2.05, 4.69) is 25.9 Å². The average molecular weight is 511 g/mol. The molecule has 3 aromatic rings. The summed E-state index contributed by atoms with van der Waals surface area (Å²) in [6, 6.07) is 9.26. The summed E-state index contributed by atoms with van der Waals surface area (Å²) in [4.78, 5) is 19.8. The Morgan fingerprint density at radius 1 is 1.09 bits per heavy atom. The summed E-state index contributed by atoms with van der Waals surface area (Å²) in [7, 11) is -2.48. The number of ether oxygens (including phenoxy) is 1. The Bertz CT molecular complexity index is 1300. The second kappa shape index (κ2) is 10.2. The topological polar surface area (TPSA) is 148 Å². The van der Waals surface area contributed by atoms with Crippen LogP contribution in [-0.4, -0.2) is 37.9 Å². The van der Waals surface area contributed by atoms with Gasteiger partial charge in [0.1, 0.15) is 16.5 Å². The van der Waals surface area contributed by atoms with Gasteiger partial charge in [-0.1, -0.05) is 23.2 Å². The molecular formula is C20H20Cl2N6O4S. The van der Waals surface area contributed by atoms with Crippen molar-refractivity contribution >= 4 is 62.3 Å². The molecule has 0 aliphatic heterocycles. The predicted octanol–water partition coefficient (Wildman–Crippen LogP) is 3.35. The number of aromatic nitrogens is 2. The zero-order chi connectivity index (χ0) is 24.2. The predicted molar refractivity (Wildman–Crippen MR) is 127 cm³/mol. The molecular weight excluding hydrogens is 491 g/mol.